The van der Waals surface area contributed by atoms with Gasteiger partial charge >= 0.3 is 0 Å². The number of hydrogen-bond donors (Lipinski definition) is 1. The Balaban J connectivity index is 1.74. The average Bonchev–Trinajstić information content (AvgIpc) is 2.45. The van der Waals surface area contributed by atoms with Gasteiger partial charge in [0.05, 0.1) is 5.60 Å². The van der Waals surface area contributed by atoms with Crippen molar-refractivity contribution in [1.82, 2.24) is 4.90 Å². The van der Waals surface area contributed by atoms with Crippen LogP contribution in [0.15, 0.2) is 28.7 Å². The number of nitrogens with zero attached hydrogens (tertiary/aromatic N) is 1. The van der Waals surface area contributed by atoms with E-state index in [1.54, 1.807) is 0 Å². The van der Waals surface area contributed by atoms with Crippen LogP contribution in [0, 0.1) is 5.92 Å². The molecule has 2 atom stereocenters. The number of hydrogen-bond acceptors (Lipinski definition) is 2. The average molecular weight is 338 g/mol. The maximum atomic E-state index is 12.6. The van der Waals surface area contributed by atoms with Gasteiger partial charge in [0.1, 0.15) is 0 Å². The van der Waals surface area contributed by atoms with E-state index in [0.717, 1.165) is 35.7 Å². The summed E-state index contributed by atoms with van der Waals surface area (Å²) in [6.45, 7) is 1.36. The lowest BCUT2D eigenvalue weighted by molar-refractivity contribution is -0.0886. The monoisotopic (exact) mass is 337 g/mol. The van der Waals surface area contributed by atoms with Gasteiger partial charge in [-0.05, 0) is 37.5 Å². The fourth-order valence-electron chi connectivity index (χ4n) is 3.56. The maximum Gasteiger partial charge on any atom is 0.253 e. The van der Waals surface area contributed by atoms with Crippen LogP contribution in [0.3, 0.4) is 0 Å². The Hall–Kier alpha value is -0.870. The first-order valence-corrected chi connectivity index (χ1v) is 8.15. The Kier molecular flexibility index (Phi) is 3.87. The Morgan fingerprint density at radius 1 is 1.35 bits per heavy atom. The summed E-state index contributed by atoms with van der Waals surface area (Å²) >= 11 is 3.41. The molecule has 1 N–H and O–H groups in total. The lowest BCUT2D eigenvalue weighted by Crippen LogP contribution is -2.54. The van der Waals surface area contributed by atoms with Gasteiger partial charge in [-0.1, -0.05) is 34.8 Å². The fourth-order valence-corrected chi connectivity index (χ4v) is 3.96. The van der Waals surface area contributed by atoms with Gasteiger partial charge < -0.3 is 10.0 Å². The number of aliphatic hydroxyl groups is 1. The van der Waals surface area contributed by atoms with Gasteiger partial charge in [-0.3, -0.25) is 4.79 Å². The molecule has 3 nitrogen and oxygen atoms in total. The van der Waals surface area contributed by atoms with E-state index in [1.807, 2.05) is 29.2 Å². The van der Waals surface area contributed by atoms with Gasteiger partial charge in [0, 0.05) is 29.0 Å². The van der Waals surface area contributed by atoms with E-state index in [4.69, 9.17) is 0 Å². The molecular formula is C16H20BrNO2. The summed E-state index contributed by atoms with van der Waals surface area (Å²) < 4.78 is 0.925. The predicted octanol–water partition coefficient (Wildman–Crippen LogP) is 3.22. The van der Waals surface area contributed by atoms with Crippen LogP contribution in [-0.4, -0.2) is 34.6 Å². The summed E-state index contributed by atoms with van der Waals surface area (Å²) in [6.07, 6.45) is 4.95. The first-order chi connectivity index (χ1) is 9.58. The van der Waals surface area contributed by atoms with Gasteiger partial charge in [0.2, 0.25) is 0 Å². The van der Waals surface area contributed by atoms with Crippen LogP contribution in [0.5, 0.6) is 0 Å². The maximum absolute atomic E-state index is 12.6. The third-order valence-electron chi connectivity index (χ3n) is 4.79. The van der Waals surface area contributed by atoms with Crippen LogP contribution in [0.1, 0.15) is 42.5 Å². The minimum absolute atomic E-state index is 0.0823. The number of carbonyl (C=O) groups excluding carboxylic acids is 1. The normalized spacial score (nSPS) is 29.9. The standard InChI is InChI=1S/C16H20BrNO2/c17-14-6-3-4-12(10-14)15(19)18-9-8-16(20)7-2-1-5-13(16)11-18/h3-4,6,10,13,20H,1-2,5,7-9,11H2. The highest BCUT2D eigenvalue weighted by Gasteiger charge is 2.43. The van der Waals surface area contributed by atoms with Crippen LogP contribution in [0.25, 0.3) is 0 Å². The molecule has 1 saturated carbocycles. The summed E-state index contributed by atoms with van der Waals surface area (Å²) in [4.78, 5) is 14.5. The van der Waals surface area contributed by atoms with Crippen molar-refractivity contribution in [3.05, 3.63) is 34.3 Å². The molecule has 1 heterocycles. The number of rotatable bonds is 1. The van der Waals surface area contributed by atoms with Crippen molar-refractivity contribution < 1.29 is 9.90 Å². The molecule has 1 aromatic carbocycles. The highest BCUT2D eigenvalue weighted by atomic mass is 79.9. The van der Waals surface area contributed by atoms with E-state index >= 15 is 0 Å². The third kappa shape index (κ3) is 2.63. The smallest absolute Gasteiger partial charge is 0.253 e. The summed E-state index contributed by atoms with van der Waals surface area (Å²) in [5.74, 6) is 0.333. The minimum Gasteiger partial charge on any atom is -0.389 e. The largest absolute Gasteiger partial charge is 0.389 e. The predicted molar refractivity (Wildman–Crippen MR) is 81.6 cm³/mol. The van der Waals surface area contributed by atoms with Crippen LogP contribution in [0.4, 0.5) is 0 Å². The number of amides is 1. The van der Waals surface area contributed by atoms with Gasteiger partial charge in [-0.2, -0.15) is 0 Å². The Morgan fingerprint density at radius 3 is 3.00 bits per heavy atom. The molecule has 4 heteroatoms. The van der Waals surface area contributed by atoms with Crippen molar-refractivity contribution in [2.75, 3.05) is 13.1 Å². The van der Waals surface area contributed by atoms with Gasteiger partial charge in [-0.25, -0.2) is 0 Å². The zero-order valence-electron chi connectivity index (χ0n) is 11.5. The number of benzene rings is 1. The molecule has 2 unspecified atom stereocenters. The van der Waals surface area contributed by atoms with Crippen LogP contribution in [-0.2, 0) is 0 Å². The number of halogens is 1. The number of carbonyl (C=O) groups is 1. The number of likely N-dealkylation sites (tertiary alicyclic amines) is 1. The van der Waals surface area contributed by atoms with Crippen molar-refractivity contribution in [3.63, 3.8) is 0 Å². The fraction of sp³-hybridized carbons (Fsp3) is 0.562. The molecule has 1 saturated heterocycles. The second-order valence-corrected chi connectivity index (χ2v) is 6.97. The zero-order chi connectivity index (χ0) is 14.2. The van der Waals surface area contributed by atoms with Crippen LogP contribution >= 0.6 is 15.9 Å². The van der Waals surface area contributed by atoms with Gasteiger partial charge in [0.25, 0.3) is 5.91 Å². The molecule has 2 fully saturated rings. The second-order valence-electron chi connectivity index (χ2n) is 6.06. The molecule has 1 amide bonds. The Morgan fingerprint density at radius 2 is 2.20 bits per heavy atom. The van der Waals surface area contributed by atoms with E-state index < -0.39 is 5.60 Å². The molecule has 2 aliphatic rings. The molecule has 108 valence electrons. The molecule has 0 bridgehead atoms. The summed E-state index contributed by atoms with van der Waals surface area (Å²) in [7, 11) is 0. The first-order valence-electron chi connectivity index (χ1n) is 7.36. The van der Waals surface area contributed by atoms with Crippen molar-refractivity contribution >= 4 is 21.8 Å². The third-order valence-corrected chi connectivity index (χ3v) is 5.28. The number of fused-ring (bicyclic) bond motifs is 1. The van der Waals surface area contributed by atoms with Crippen molar-refractivity contribution in [2.45, 2.75) is 37.7 Å². The van der Waals surface area contributed by atoms with E-state index in [1.165, 1.54) is 6.42 Å². The zero-order valence-corrected chi connectivity index (χ0v) is 13.1. The Labute approximate surface area is 128 Å². The SMILES string of the molecule is O=C(c1cccc(Br)c1)N1CCC2(O)CCCCC2C1. The van der Waals surface area contributed by atoms with E-state index in [0.29, 0.717) is 13.1 Å². The number of piperidine rings is 1. The van der Waals surface area contributed by atoms with E-state index in [2.05, 4.69) is 15.9 Å². The lowest BCUT2D eigenvalue weighted by atomic mass is 9.71. The summed E-state index contributed by atoms with van der Waals surface area (Å²) in [5.41, 5.74) is 0.201. The molecule has 1 aromatic rings. The molecule has 1 aliphatic carbocycles. The molecule has 0 radical (unpaired) electrons. The first kappa shape index (κ1) is 14.1. The highest BCUT2D eigenvalue weighted by molar-refractivity contribution is 9.10. The van der Waals surface area contributed by atoms with Crippen LogP contribution < -0.4 is 0 Å². The van der Waals surface area contributed by atoms with Gasteiger partial charge in [-0.15, -0.1) is 0 Å². The van der Waals surface area contributed by atoms with Crippen LogP contribution in [0.2, 0.25) is 0 Å². The molecule has 0 spiro atoms. The van der Waals surface area contributed by atoms with E-state index in [9.17, 15) is 9.90 Å². The van der Waals surface area contributed by atoms with Crippen molar-refractivity contribution in [1.29, 1.82) is 0 Å². The van der Waals surface area contributed by atoms with E-state index in [-0.39, 0.29) is 11.8 Å². The summed E-state index contributed by atoms with van der Waals surface area (Å²) in [6, 6.07) is 7.53. The molecule has 20 heavy (non-hydrogen) atoms. The topological polar surface area (TPSA) is 40.5 Å². The second kappa shape index (κ2) is 5.49. The minimum atomic E-state index is -0.522. The molecule has 0 aromatic heterocycles. The highest BCUT2D eigenvalue weighted by Crippen LogP contribution is 2.40. The Bertz CT molecular complexity index is 519. The molecule has 1 aliphatic heterocycles. The quantitative estimate of drug-likeness (QED) is 0.854. The molecule has 3 rings (SSSR count). The molecular weight excluding hydrogens is 318 g/mol. The van der Waals surface area contributed by atoms with Crippen molar-refractivity contribution in [2.24, 2.45) is 5.92 Å². The van der Waals surface area contributed by atoms with Crippen molar-refractivity contribution in [3.8, 4) is 0 Å². The van der Waals surface area contributed by atoms with Gasteiger partial charge in [0.15, 0.2) is 0 Å². The summed E-state index contributed by atoms with van der Waals surface area (Å²) in [5, 5.41) is 10.7. The lowest BCUT2D eigenvalue weighted by Gasteiger charge is -2.47.